The zero-order valence-electron chi connectivity index (χ0n) is 12.9. The van der Waals surface area contributed by atoms with E-state index in [1.807, 2.05) is 0 Å². The van der Waals surface area contributed by atoms with Gasteiger partial charge in [0.05, 0.1) is 12.7 Å². The first kappa shape index (κ1) is 14.5. The smallest absolute Gasteiger partial charge is 0.0826 e. The lowest BCUT2D eigenvalue weighted by molar-refractivity contribution is 0.00394. The van der Waals surface area contributed by atoms with Crippen molar-refractivity contribution in [1.82, 2.24) is 10.2 Å². The molecule has 2 atom stereocenters. The second-order valence-corrected chi connectivity index (χ2v) is 5.92. The van der Waals surface area contributed by atoms with E-state index in [0.717, 1.165) is 26.2 Å². The van der Waals surface area contributed by atoms with Gasteiger partial charge in [0.25, 0.3) is 0 Å². The van der Waals surface area contributed by atoms with Crippen LogP contribution in [-0.2, 0) is 4.74 Å². The summed E-state index contributed by atoms with van der Waals surface area (Å²) < 4.78 is 5.80. The van der Waals surface area contributed by atoms with Gasteiger partial charge in [-0.3, -0.25) is 4.90 Å². The number of hydrogen-bond acceptors (Lipinski definition) is 3. The Bertz CT molecular complexity index is 593. The summed E-state index contributed by atoms with van der Waals surface area (Å²) in [6.07, 6.45) is 0.298. The molecule has 0 aromatic heterocycles. The number of hydrogen-bond donors (Lipinski definition) is 1. The fourth-order valence-corrected chi connectivity index (χ4v) is 2.94. The molecule has 0 radical (unpaired) electrons. The molecule has 1 saturated heterocycles. The quantitative estimate of drug-likeness (QED) is 0.934. The fraction of sp³-hybridized carbons (Fsp3) is 0.444. The average molecular weight is 284 g/mol. The Hall–Kier alpha value is -1.42. The van der Waals surface area contributed by atoms with Crippen molar-refractivity contribution in [3.63, 3.8) is 0 Å². The molecule has 1 fully saturated rings. The van der Waals surface area contributed by atoms with Crippen LogP contribution in [0.3, 0.4) is 0 Å². The Kier molecular flexibility index (Phi) is 4.54. The van der Waals surface area contributed by atoms with E-state index in [1.165, 1.54) is 16.3 Å². The van der Waals surface area contributed by atoms with Gasteiger partial charge in [-0.2, -0.15) is 0 Å². The topological polar surface area (TPSA) is 24.5 Å². The Labute approximate surface area is 126 Å². The predicted octanol–water partition coefficient (Wildman–Crippen LogP) is 2.82. The highest BCUT2D eigenvalue weighted by Gasteiger charge is 2.19. The number of ether oxygens (including phenoxy) is 1. The molecule has 3 nitrogen and oxygen atoms in total. The summed E-state index contributed by atoms with van der Waals surface area (Å²) in [5, 5.41) is 6.00. The second kappa shape index (κ2) is 6.56. The number of nitrogens with one attached hydrogen (secondary N) is 1. The van der Waals surface area contributed by atoms with Crippen molar-refractivity contribution < 1.29 is 4.74 Å². The van der Waals surface area contributed by atoms with Crippen molar-refractivity contribution in [2.24, 2.45) is 0 Å². The van der Waals surface area contributed by atoms with Crippen LogP contribution < -0.4 is 5.32 Å². The van der Waals surface area contributed by atoms with Gasteiger partial charge in [0.2, 0.25) is 0 Å². The van der Waals surface area contributed by atoms with Gasteiger partial charge in [-0.1, -0.05) is 36.4 Å². The first-order chi connectivity index (χ1) is 10.2. The van der Waals surface area contributed by atoms with E-state index >= 15 is 0 Å². The first-order valence-electron chi connectivity index (χ1n) is 7.75. The molecule has 0 saturated carbocycles. The third-order valence-corrected chi connectivity index (χ3v) is 4.41. The molecule has 3 rings (SSSR count). The van der Waals surface area contributed by atoms with Crippen LogP contribution in [0.4, 0.5) is 0 Å². The number of rotatable bonds is 4. The molecule has 0 aliphatic carbocycles. The highest BCUT2D eigenvalue weighted by molar-refractivity contribution is 5.83. The van der Waals surface area contributed by atoms with E-state index < -0.39 is 0 Å². The van der Waals surface area contributed by atoms with Gasteiger partial charge in [0.15, 0.2) is 0 Å². The summed E-state index contributed by atoms with van der Waals surface area (Å²) in [4.78, 5) is 2.38. The van der Waals surface area contributed by atoms with Gasteiger partial charge in [-0.15, -0.1) is 0 Å². The van der Waals surface area contributed by atoms with Gasteiger partial charge in [-0.25, -0.2) is 0 Å². The van der Waals surface area contributed by atoms with Crippen LogP contribution in [0.5, 0.6) is 0 Å². The minimum absolute atomic E-state index is 0.298. The minimum Gasteiger partial charge on any atom is -0.374 e. The normalized spacial score (nSPS) is 20.8. The van der Waals surface area contributed by atoms with E-state index in [1.54, 1.807) is 0 Å². The van der Waals surface area contributed by atoms with Crippen molar-refractivity contribution in [2.45, 2.75) is 19.1 Å². The van der Waals surface area contributed by atoms with Crippen molar-refractivity contribution in [3.05, 3.63) is 48.0 Å². The van der Waals surface area contributed by atoms with Crippen LogP contribution in [0.1, 0.15) is 18.5 Å². The number of benzene rings is 2. The molecule has 1 heterocycles. The van der Waals surface area contributed by atoms with Crippen LogP contribution in [0, 0.1) is 0 Å². The molecule has 3 heteroatoms. The zero-order chi connectivity index (χ0) is 14.7. The molecule has 1 aliphatic heterocycles. The lowest BCUT2D eigenvalue weighted by atomic mass is 10.0. The second-order valence-electron chi connectivity index (χ2n) is 5.92. The molecular formula is C18H24N2O. The minimum atomic E-state index is 0.298. The summed E-state index contributed by atoms with van der Waals surface area (Å²) in [6.45, 7) is 5.97. The first-order valence-corrected chi connectivity index (χ1v) is 7.75. The van der Waals surface area contributed by atoms with Crippen molar-refractivity contribution in [2.75, 3.05) is 33.3 Å². The standard InChI is InChI=1S/C18H24N2O/c1-14(20(2)13-18-12-19-9-10-21-18)16-8-7-15-5-3-4-6-17(15)11-16/h3-8,11,14,18-19H,9-10,12-13H2,1-2H3. The lowest BCUT2D eigenvalue weighted by Crippen LogP contribution is -2.44. The van der Waals surface area contributed by atoms with Gasteiger partial charge in [0.1, 0.15) is 0 Å². The third-order valence-electron chi connectivity index (χ3n) is 4.41. The summed E-state index contributed by atoms with van der Waals surface area (Å²) in [5.41, 5.74) is 1.36. The van der Waals surface area contributed by atoms with Gasteiger partial charge in [0, 0.05) is 25.7 Å². The van der Waals surface area contributed by atoms with E-state index in [-0.39, 0.29) is 0 Å². The Morgan fingerprint density at radius 3 is 2.81 bits per heavy atom. The van der Waals surface area contributed by atoms with Crippen LogP contribution in [-0.4, -0.2) is 44.3 Å². The maximum Gasteiger partial charge on any atom is 0.0826 e. The molecule has 0 amide bonds. The summed E-state index contributed by atoms with van der Waals surface area (Å²) in [5.74, 6) is 0. The number of morpholine rings is 1. The summed E-state index contributed by atoms with van der Waals surface area (Å²) >= 11 is 0. The van der Waals surface area contributed by atoms with E-state index in [9.17, 15) is 0 Å². The predicted molar refractivity (Wildman–Crippen MR) is 87.6 cm³/mol. The van der Waals surface area contributed by atoms with E-state index in [4.69, 9.17) is 4.74 Å². The fourth-order valence-electron chi connectivity index (χ4n) is 2.94. The molecule has 1 aliphatic rings. The van der Waals surface area contributed by atoms with E-state index in [2.05, 4.69) is 66.7 Å². The highest BCUT2D eigenvalue weighted by Crippen LogP contribution is 2.24. The monoisotopic (exact) mass is 284 g/mol. The van der Waals surface area contributed by atoms with Gasteiger partial charge >= 0.3 is 0 Å². The SMILES string of the molecule is CC(c1ccc2ccccc2c1)N(C)CC1CNCCO1. The summed E-state index contributed by atoms with van der Waals surface area (Å²) in [7, 11) is 2.18. The molecule has 1 N–H and O–H groups in total. The molecule has 21 heavy (non-hydrogen) atoms. The van der Waals surface area contributed by atoms with Crippen LogP contribution in [0.15, 0.2) is 42.5 Å². The van der Waals surface area contributed by atoms with Crippen LogP contribution >= 0.6 is 0 Å². The molecule has 2 aromatic rings. The van der Waals surface area contributed by atoms with Crippen molar-refractivity contribution in [1.29, 1.82) is 0 Å². The molecule has 112 valence electrons. The maximum atomic E-state index is 5.80. The number of likely N-dealkylation sites (N-methyl/N-ethyl adjacent to an activating group) is 1. The largest absolute Gasteiger partial charge is 0.374 e. The highest BCUT2D eigenvalue weighted by atomic mass is 16.5. The molecule has 2 unspecified atom stereocenters. The van der Waals surface area contributed by atoms with Crippen LogP contribution in [0.25, 0.3) is 10.8 Å². The molecule has 0 bridgehead atoms. The van der Waals surface area contributed by atoms with Gasteiger partial charge in [-0.05, 0) is 36.4 Å². The Morgan fingerprint density at radius 1 is 1.24 bits per heavy atom. The van der Waals surface area contributed by atoms with Crippen molar-refractivity contribution >= 4 is 10.8 Å². The number of nitrogens with zero attached hydrogens (tertiary/aromatic N) is 1. The third kappa shape index (κ3) is 3.43. The molecule has 0 spiro atoms. The van der Waals surface area contributed by atoms with Crippen LogP contribution in [0.2, 0.25) is 0 Å². The molecular weight excluding hydrogens is 260 g/mol. The lowest BCUT2D eigenvalue weighted by Gasteiger charge is -2.31. The maximum absolute atomic E-state index is 5.80. The van der Waals surface area contributed by atoms with E-state index in [0.29, 0.717) is 12.1 Å². The van der Waals surface area contributed by atoms with Crippen molar-refractivity contribution in [3.8, 4) is 0 Å². The zero-order valence-corrected chi connectivity index (χ0v) is 12.9. The average Bonchev–Trinajstić information content (AvgIpc) is 2.54. The Morgan fingerprint density at radius 2 is 2.05 bits per heavy atom. The molecule has 2 aromatic carbocycles. The van der Waals surface area contributed by atoms with Gasteiger partial charge < -0.3 is 10.1 Å². The number of fused-ring (bicyclic) bond motifs is 1. The summed E-state index contributed by atoms with van der Waals surface area (Å²) in [6, 6.07) is 15.7. The Balaban J connectivity index is 1.71.